The van der Waals surface area contributed by atoms with Crippen molar-refractivity contribution in [1.82, 2.24) is 19.7 Å². The number of rotatable bonds is 4. The Kier molecular flexibility index (Phi) is 5.35. The smallest absolute Gasteiger partial charge is 0.256 e. The summed E-state index contributed by atoms with van der Waals surface area (Å²) in [6, 6.07) is 7.05. The molecule has 0 spiro atoms. The molecular weight excluding hydrogens is 378 g/mol. The number of aryl methyl sites for hydroxylation is 1. The lowest BCUT2D eigenvalue weighted by Gasteiger charge is -2.35. The second-order valence-corrected chi connectivity index (χ2v) is 6.97. The van der Waals surface area contributed by atoms with Gasteiger partial charge in [0.25, 0.3) is 5.91 Å². The van der Waals surface area contributed by atoms with Crippen molar-refractivity contribution in [2.45, 2.75) is 26.0 Å². The molecule has 1 fully saturated rings. The second-order valence-electron chi connectivity index (χ2n) is 6.97. The van der Waals surface area contributed by atoms with Gasteiger partial charge in [0.2, 0.25) is 0 Å². The number of aromatic nitrogens is 3. The fraction of sp³-hybridized carbons (Fsp3) is 0.286. The predicted octanol–water partition coefficient (Wildman–Crippen LogP) is 3.29. The van der Waals surface area contributed by atoms with Crippen LogP contribution in [0.5, 0.6) is 0 Å². The minimum absolute atomic E-state index is 0.251. The zero-order valence-corrected chi connectivity index (χ0v) is 15.9. The molecule has 2 aromatic heterocycles. The van der Waals surface area contributed by atoms with Crippen LogP contribution in [0.15, 0.2) is 48.9 Å². The molecule has 8 heteroatoms. The first-order valence-electron chi connectivity index (χ1n) is 9.35. The highest BCUT2D eigenvalue weighted by atomic mass is 19.1. The van der Waals surface area contributed by atoms with E-state index < -0.39 is 17.9 Å². The van der Waals surface area contributed by atoms with Crippen LogP contribution in [0.1, 0.15) is 27.9 Å². The summed E-state index contributed by atoms with van der Waals surface area (Å²) >= 11 is 0. The lowest BCUT2D eigenvalue weighted by molar-refractivity contribution is -0.0762. The van der Waals surface area contributed by atoms with Gasteiger partial charge in [0.1, 0.15) is 17.9 Å². The highest BCUT2D eigenvalue weighted by Crippen LogP contribution is 2.21. The molecule has 0 radical (unpaired) electrons. The highest BCUT2D eigenvalue weighted by molar-refractivity contribution is 5.95. The molecule has 6 nitrogen and oxygen atoms in total. The Morgan fingerprint density at radius 3 is 2.83 bits per heavy atom. The molecule has 150 valence electrons. The van der Waals surface area contributed by atoms with Crippen molar-refractivity contribution in [2.75, 3.05) is 13.2 Å². The van der Waals surface area contributed by atoms with E-state index in [1.54, 1.807) is 35.0 Å². The van der Waals surface area contributed by atoms with Crippen molar-refractivity contribution < 1.29 is 18.3 Å². The average Bonchev–Trinajstić information content (AvgIpc) is 3.19. The zero-order chi connectivity index (χ0) is 20.4. The summed E-state index contributed by atoms with van der Waals surface area (Å²) in [4.78, 5) is 18.7. The second kappa shape index (κ2) is 8.08. The predicted molar refractivity (Wildman–Crippen MR) is 102 cm³/mol. The number of hydrogen-bond donors (Lipinski definition) is 0. The van der Waals surface area contributed by atoms with Gasteiger partial charge in [0, 0.05) is 24.7 Å². The third kappa shape index (κ3) is 4.17. The molecule has 0 saturated carbocycles. The van der Waals surface area contributed by atoms with E-state index in [1.807, 2.05) is 0 Å². The third-order valence-electron chi connectivity index (χ3n) is 4.88. The van der Waals surface area contributed by atoms with Crippen LogP contribution in [0, 0.1) is 18.6 Å². The van der Waals surface area contributed by atoms with Crippen LogP contribution >= 0.6 is 0 Å². The summed E-state index contributed by atoms with van der Waals surface area (Å²) in [7, 11) is 0. The average molecular weight is 398 g/mol. The molecule has 1 saturated heterocycles. The van der Waals surface area contributed by atoms with Gasteiger partial charge in [-0.3, -0.25) is 4.79 Å². The van der Waals surface area contributed by atoms with E-state index in [4.69, 9.17) is 4.74 Å². The summed E-state index contributed by atoms with van der Waals surface area (Å²) in [5.74, 6) is -0.621. The summed E-state index contributed by atoms with van der Waals surface area (Å²) in [6.07, 6.45) is 5.24. The topological polar surface area (TPSA) is 60.3 Å². The summed E-state index contributed by atoms with van der Waals surface area (Å²) in [5.41, 5.74) is 1.90. The molecule has 0 aliphatic carbocycles. The first-order chi connectivity index (χ1) is 14.0. The minimum Gasteiger partial charge on any atom is -0.358 e. The van der Waals surface area contributed by atoms with E-state index in [2.05, 4.69) is 10.1 Å². The van der Waals surface area contributed by atoms with E-state index >= 15 is 0 Å². The largest absolute Gasteiger partial charge is 0.358 e. The number of hydrogen-bond acceptors (Lipinski definition) is 4. The summed E-state index contributed by atoms with van der Waals surface area (Å²) in [5, 5.41) is 4.26. The Balaban J connectivity index is 1.53. The number of pyridine rings is 1. The molecule has 4 rings (SSSR count). The quantitative estimate of drug-likeness (QED) is 0.677. The van der Waals surface area contributed by atoms with Gasteiger partial charge in [0.15, 0.2) is 5.82 Å². The van der Waals surface area contributed by atoms with Crippen LogP contribution in [0.4, 0.5) is 8.78 Å². The lowest BCUT2D eigenvalue weighted by Crippen LogP contribution is -2.47. The molecule has 1 amide bonds. The molecule has 1 aliphatic heterocycles. The molecule has 1 aromatic carbocycles. The Morgan fingerprint density at radius 1 is 1.21 bits per heavy atom. The van der Waals surface area contributed by atoms with Gasteiger partial charge in [-0.1, -0.05) is 6.07 Å². The van der Waals surface area contributed by atoms with Crippen LogP contribution in [-0.2, 0) is 11.2 Å². The van der Waals surface area contributed by atoms with Gasteiger partial charge >= 0.3 is 0 Å². The number of benzene rings is 1. The third-order valence-corrected chi connectivity index (χ3v) is 4.88. The van der Waals surface area contributed by atoms with Crippen LogP contribution in [0.2, 0.25) is 0 Å². The van der Waals surface area contributed by atoms with Crippen LogP contribution in [0.25, 0.3) is 5.82 Å². The number of carbonyl (C=O) groups excluding carboxylic acids is 1. The van der Waals surface area contributed by atoms with Crippen LogP contribution in [0.3, 0.4) is 0 Å². The van der Waals surface area contributed by atoms with Crippen molar-refractivity contribution in [3.63, 3.8) is 0 Å². The molecule has 0 bridgehead atoms. The fourth-order valence-corrected chi connectivity index (χ4v) is 3.36. The van der Waals surface area contributed by atoms with Gasteiger partial charge in [-0.25, -0.2) is 18.4 Å². The Bertz CT molecular complexity index is 1020. The van der Waals surface area contributed by atoms with Crippen LogP contribution < -0.4 is 0 Å². The first kappa shape index (κ1) is 19.2. The molecule has 3 aromatic rings. The van der Waals surface area contributed by atoms with Gasteiger partial charge in [-0.15, -0.1) is 0 Å². The number of amides is 1. The van der Waals surface area contributed by atoms with Crippen molar-refractivity contribution in [3.05, 3.63) is 77.2 Å². The number of ether oxygens (including phenoxy) is 1. The maximum absolute atomic E-state index is 13.7. The molecule has 0 N–H and O–H groups in total. The number of nitrogens with zero attached hydrogens (tertiary/aromatic N) is 4. The van der Waals surface area contributed by atoms with Gasteiger partial charge in [-0.2, -0.15) is 5.10 Å². The minimum atomic E-state index is -0.474. The van der Waals surface area contributed by atoms with Crippen molar-refractivity contribution in [2.24, 2.45) is 0 Å². The normalized spacial score (nSPS) is 16.8. The lowest BCUT2D eigenvalue weighted by atomic mass is 10.1. The van der Waals surface area contributed by atoms with E-state index in [-0.39, 0.29) is 5.91 Å². The van der Waals surface area contributed by atoms with E-state index in [0.29, 0.717) is 31.0 Å². The molecule has 3 heterocycles. The Labute approximate surface area is 166 Å². The molecule has 29 heavy (non-hydrogen) atoms. The first-order valence-corrected chi connectivity index (χ1v) is 9.35. The molecule has 1 atom stereocenters. The van der Waals surface area contributed by atoms with Gasteiger partial charge in [0.05, 0.1) is 19.0 Å². The van der Waals surface area contributed by atoms with Gasteiger partial charge < -0.3 is 9.64 Å². The summed E-state index contributed by atoms with van der Waals surface area (Å²) in [6.45, 7) is 2.86. The van der Waals surface area contributed by atoms with E-state index in [0.717, 1.165) is 23.7 Å². The highest BCUT2D eigenvalue weighted by Gasteiger charge is 2.29. The number of halogens is 2. The van der Waals surface area contributed by atoms with Crippen molar-refractivity contribution >= 4 is 5.91 Å². The Morgan fingerprint density at radius 2 is 2.03 bits per heavy atom. The molecule has 1 unspecified atom stereocenters. The zero-order valence-electron chi connectivity index (χ0n) is 15.9. The Hall–Kier alpha value is -3.13. The molecular formula is C21H20F2N4O2. The SMILES string of the molecule is Cc1ccc(F)cc1C(=O)N1CCCOC1Cc1cnn(-c2ccc(F)cn2)c1. The standard InChI is InChI=1S/C21H20F2N4O2/c1-14-3-4-16(22)10-18(14)21(28)26-7-2-8-29-20(26)9-15-11-25-27(13-15)19-6-5-17(23)12-24-19/h3-6,10-13,20H,2,7-9H2,1H3. The summed E-state index contributed by atoms with van der Waals surface area (Å²) < 4.78 is 34.1. The van der Waals surface area contributed by atoms with E-state index in [9.17, 15) is 13.6 Å². The van der Waals surface area contributed by atoms with Crippen molar-refractivity contribution in [1.29, 1.82) is 0 Å². The van der Waals surface area contributed by atoms with Gasteiger partial charge in [-0.05, 0) is 48.7 Å². The van der Waals surface area contributed by atoms with Crippen LogP contribution in [-0.4, -0.2) is 45.0 Å². The maximum atomic E-state index is 13.7. The number of carbonyl (C=O) groups is 1. The monoisotopic (exact) mass is 398 g/mol. The van der Waals surface area contributed by atoms with E-state index in [1.165, 1.54) is 24.3 Å². The molecule has 1 aliphatic rings. The maximum Gasteiger partial charge on any atom is 0.256 e. The fourth-order valence-electron chi connectivity index (χ4n) is 3.36. The van der Waals surface area contributed by atoms with Crippen molar-refractivity contribution in [3.8, 4) is 5.82 Å².